The predicted molar refractivity (Wildman–Crippen MR) is 270 cm³/mol. The summed E-state index contributed by atoms with van der Waals surface area (Å²) < 4.78 is 17.4. The molecule has 0 amide bonds. The number of hydrogen-bond donors (Lipinski definition) is 0. The van der Waals surface area contributed by atoms with Gasteiger partial charge in [-0.25, -0.2) is 0 Å². The van der Waals surface area contributed by atoms with Crippen molar-refractivity contribution in [2.24, 2.45) is 0 Å². The van der Waals surface area contributed by atoms with Gasteiger partial charge in [0, 0.05) is 19.4 Å². The minimum atomic E-state index is -0.548. The molecule has 0 bridgehead atoms. The van der Waals surface area contributed by atoms with Crippen LogP contribution in [0.1, 0.15) is 278 Å². The van der Waals surface area contributed by atoms with Crippen LogP contribution in [0.25, 0.3) is 0 Å². The maximum atomic E-state index is 12.8. The molecule has 0 saturated heterocycles. The maximum Gasteiger partial charge on any atom is 0.306 e. The summed E-state index contributed by atoms with van der Waals surface area (Å²) in [7, 11) is 0. The SMILES string of the molecule is CCCCC/C=C\C/C=C\C/C=C\C/C=C\CCCCCC(=O)O[C@H](COCCCCCCCCCCCCCCCCCC)COC(=O)CCCCCCCCCCCCC. The Morgan fingerprint density at radius 3 is 1.11 bits per heavy atom. The van der Waals surface area contributed by atoms with Gasteiger partial charge in [-0.1, -0.05) is 249 Å². The normalized spacial score (nSPS) is 12.5. The molecule has 0 spiro atoms. The highest BCUT2D eigenvalue weighted by atomic mass is 16.6. The number of unbranched alkanes of at least 4 members (excludes halogenated alkanes) is 31. The second kappa shape index (κ2) is 53.2. The average molecular weight is 869 g/mol. The van der Waals surface area contributed by atoms with E-state index in [1.807, 2.05) is 0 Å². The van der Waals surface area contributed by atoms with Crippen LogP contribution < -0.4 is 0 Å². The van der Waals surface area contributed by atoms with Gasteiger partial charge in [-0.3, -0.25) is 9.59 Å². The van der Waals surface area contributed by atoms with E-state index in [-0.39, 0.29) is 25.2 Å². The molecule has 0 radical (unpaired) electrons. The number of hydrogen-bond acceptors (Lipinski definition) is 5. The standard InChI is InChI=1S/C57H104O5/c1-4-7-10-13-16-19-22-24-26-28-29-30-31-33-36-39-42-45-48-51-57(59)62-55(54-61-56(58)50-47-44-41-38-35-21-18-15-12-9-6-3)53-60-52-49-46-43-40-37-34-32-27-25-23-20-17-14-11-8-5-2/h16,19,24,26,29-30,33,36,55H,4-15,17-18,20-23,25,27-28,31-32,34-35,37-54H2,1-3H3/b19-16-,26-24-,30-29-,36-33-/t55-/m1/s1. The monoisotopic (exact) mass is 869 g/mol. The highest BCUT2D eigenvalue weighted by Crippen LogP contribution is 2.15. The summed E-state index contributed by atoms with van der Waals surface area (Å²) in [5.74, 6) is -0.420. The van der Waals surface area contributed by atoms with E-state index in [2.05, 4.69) is 69.4 Å². The van der Waals surface area contributed by atoms with Crippen molar-refractivity contribution in [3.05, 3.63) is 48.6 Å². The third kappa shape index (κ3) is 50.5. The quantitative estimate of drug-likeness (QED) is 0.0346. The van der Waals surface area contributed by atoms with E-state index in [9.17, 15) is 9.59 Å². The van der Waals surface area contributed by atoms with Crippen LogP contribution >= 0.6 is 0 Å². The van der Waals surface area contributed by atoms with E-state index in [0.717, 1.165) is 70.6 Å². The van der Waals surface area contributed by atoms with E-state index in [4.69, 9.17) is 14.2 Å². The summed E-state index contributed by atoms with van der Waals surface area (Å²) in [4.78, 5) is 25.4. The Labute approximate surface area is 386 Å². The molecule has 5 nitrogen and oxygen atoms in total. The van der Waals surface area contributed by atoms with Gasteiger partial charge in [0.15, 0.2) is 6.10 Å². The van der Waals surface area contributed by atoms with Gasteiger partial charge in [0.25, 0.3) is 0 Å². The zero-order valence-corrected chi connectivity index (χ0v) is 41.6. The lowest BCUT2D eigenvalue weighted by Gasteiger charge is -2.18. The fourth-order valence-corrected chi connectivity index (χ4v) is 7.79. The summed E-state index contributed by atoms with van der Waals surface area (Å²) in [6, 6.07) is 0. The highest BCUT2D eigenvalue weighted by Gasteiger charge is 2.17. The van der Waals surface area contributed by atoms with Crippen LogP contribution in [0.5, 0.6) is 0 Å². The lowest BCUT2D eigenvalue weighted by Crippen LogP contribution is -2.30. The van der Waals surface area contributed by atoms with E-state index < -0.39 is 6.10 Å². The second-order valence-electron chi connectivity index (χ2n) is 18.1. The number of esters is 2. The summed E-state index contributed by atoms with van der Waals surface area (Å²) in [5, 5.41) is 0. The van der Waals surface area contributed by atoms with Crippen molar-refractivity contribution >= 4 is 11.9 Å². The van der Waals surface area contributed by atoms with Crippen molar-refractivity contribution in [2.45, 2.75) is 284 Å². The van der Waals surface area contributed by atoms with E-state index in [1.54, 1.807) is 0 Å². The van der Waals surface area contributed by atoms with Crippen LogP contribution in [0.15, 0.2) is 48.6 Å². The minimum absolute atomic E-state index is 0.0770. The van der Waals surface area contributed by atoms with E-state index >= 15 is 0 Å². The van der Waals surface area contributed by atoms with Gasteiger partial charge in [0.1, 0.15) is 6.61 Å². The van der Waals surface area contributed by atoms with Crippen LogP contribution in [0.4, 0.5) is 0 Å². The molecule has 0 aliphatic heterocycles. The van der Waals surface area contributed by atoms with Gasteiger partial charge >= 0.3 is 11.9 Å². The van der Waals surface area contributed by atoms with Crippen LogP contribution in [0, 0.1) is 0 Å². The van der Waals surface area contributed by atoms with Crippen molar-refractivity contribution in [1.29, 1.82) is 0 Å². The molecule has 362 valence electrons. The van der Waals surface area contributed by atoms with Crippen LogP contribution in [-0.4, -0.2) is 37.9 Å². The zero-order chi connectivity index (χ0) is 44.9. The largest absolute Gasteiger partial charge is 0.462 e. The molecular formula is C57H104O5. The molecule has 0 N–H and O–H groups in total. The first-order valence-corrected chi connectivity index (χ1v) is 27.2. The predicted octanol–water partition coefficient (Wildman–Crippen LogP) is 18.3. The molecule has 0 aliphatic carbocycles. The number of carbonyl (C=O) groups excluding carboxylic acids is 2. The van der Waals surface area contributed by atoms with Crippen LogP contribution in [-0.2, 0) is 23.8 Å². The minimum Gasteiger partial charge on any atom is -0.462 e. The van der Waals surface area contributed by atoms with Crippen molar-refractivity contribution in [1.82, 2.24) is 0 Å². The lowest BCUT2D eigenvalue weighted by molar-refractivity contribution is -0.163. The fourth-order valence-electron chi connectivity index (χ4n) is 7.79. The van der Waals surface area contributed by atoms with Gasteiger partial charge in [-0.05, 0) is 64.2 Å². The van der Waals surface area contributed by atoms with Crippen molar-refractivity contribution in [3.63, 3.8) is 0 Å². The molecule has 0 fully saturated rings. The first-order chi connectivity index (χ1) is 30.6. The first kappa shape index (κ1) is 59.9. The van der Waals surface area contributed by atoms with Crippen molar-refractivity contribution in [2.75, 3.05) is 19.8 Å². The summed E-state index contributed by atoms with van der Waals surface area (Å²) in [5.41, 5.74) is 0. The van der Waals surface area contributed by atoms with E-state index in [1.165, 1.54) is 173 Å². The molecule has 0 aliphatic rings. The molecular weight excluding hydrogens is 765 g/mol. The van der Waals surface area contributed by atoms with Gasteiger partial charge in [-0.15, -0.1) is 0 Å². The Balaban J connectivity index is 4.28. The summed E-state index contributed by atoms with van der Waals surface area (Å²) in [6.45, 7) is 7.80. The molecule has 0 saturated carbocycles. The second-order valence-corrected chi connectivity index (χ2v) is 18.1. The van der Waals surface area contributed by atoms with Gasteiger partial charge in [0.2, 0.25) is 0 Å². The Morgan fingerprint density at radius 2 is 0.677 bits per heavy atom. The Hall–Kier alpha value is -2.14. The Morgan fingerprint density at radius 1 is 0.355 bits per heavy atom. The third-order valence-corrected chi connectivity index (χ3v) is 11.9. The third-order valence-electron chi connectivity index (χ3n) is 11.9. The molecule has 0 unspecified atom stereocenters. The summed E-state index contributed by atoms with van der Waals surface area (Å²) in [6.07, 6.45) is 65.5. The number of carbonyl (C=O) groups is 2. The maximum absolute atomic E-state index is 12.8. The number of allylic oxidation sites excluding steroid dienone is 8. The molecule has 0 heterocycles. The highest BCUT2D eigenvalue weighted by molar-refractivity contribution is 5.70. The molecule has 62 heavy (non-hydrogen) atoms. The number of ether oxygens (including phenoxy) is 3. The van der Waals surface area contributed by atoms with Crippen LogP contribution in [0.3, 0.4) is 0 Å². The van der Waals surface area contributed by atoms with Gasteiger partial charge in [0.05, 0.1) is 6.61 Å². The Kier molecular flexibility index (Phi) is 51.4. The molecule has 5 heteroatoms. The van der Waals surface area contributed by atoms with E-state index in [0.29, 0.717) is 19.4 Å². The number of rotatable bonds is 50. The zero-order valence-electron chi connectivity index (χ0n) is 41.6. The average Bonchev–Trinajstić information content (AvgIpc) is 3.27. The molecule has 0 rings (SSSR count). The molecule has 1 atom stereocenters. The fraction of sp³-hybridized carbons (Fsp3) is 0.825. The molecule has 0 aromatic heterocycles. The molecule has 0 aromatic carbocycles. The Bertz CT molecular complexity index is 1030. The topological polar surface area (TPSA) is 61.8 Å². The smallest absolute Gasteiger partial charge is 0.306 e. The van der Waals surface area contributed by atoms with Crippen molar-refractivity contribution in [3.8, 4) is 0 Å². The summed E-state index contributed by atoms with van der Waals surface area (Å²) >= 11 is 0. The lowest BCUT2D eigenvalue weighted by atomic mass is 10.0. The van der Waals surface area contributed by atoms with Crippen molar-refractivity contribution < 1.29 is 23.8 Å². The van der Waals surface area contributed by atoms with Gasteiger partial charge < -0.3 is 14.2 Å². The van der Waals surface area contributed by atoms with Gasteiger partial charge in [-0.2, -0.15) is 0 Å². The molecule has 0 aromatic rings. The first-order valence-electron chi connectivity index (χ1n) is 27.2. The van der Waals surface area contributed by atoms with Crippen LogP contribution in [0.2, 0.25) is 0 Å².